The third-order valence-electron chi connectivity index (χ3n) is 2.30. The van der Waals surface area contributed by atoms with Crippen molar-refractivity contribution in [1.29, 1.82) is 0 Å². The van der Waals surface area contributed by atoms with Crippen LogP contribution in [0.25, 0.3) is 0 Å². The van der Waals surface area contributed by atoms with Gasteiger partial charge in [0.1, 0.15) is 17.5 Å². The summed E-state index contributed by atoms with van der Waals surface area (Å²) < 4.78 is 0. The number of aromatic nitrogens is 2. The number of nitrogen functional groups attached to an aromatic ring is 1. The molecule has 1 aromatic heterocycles. The molecule has 5 nitrogen and oxygen atoms in total. The van der Waals surface area contributed by atoms with Crippen molar-refractivity contribution in [3.63, 3.8) is 0 Å². The molecule has 0 aliphatic rings. The van der Waals surface area contributed by atoms with Gasteiger partial charge in [-0.1, -0.05) is 13.3 Å². The first-order valence-corrected chi connectivity index (χ1v) is 5.50. The standard InChI is InChI=1S/C11H20N4O/c1-4-5-11(3,16)7-13-10-6-9(12)14-8(2)15-10/h6,16H,4-5,7H2,1-3H3,(H3,12,13,14,15). The molecule has 1 unspecified atom stereocenters. The van der Waals surface area contributed by atoms with Gasteiger partial charge in [0.05, 0.1) is 5.60 Å². The Morgan fingerprint density at radius 3 is 2.75 bits per heavy atom. The number of nitrogens with one attached hydrogen (secondary N) is 1. The highest BCUT2D eigenvalue weighted by Crippen LogP contribution is 2.14. The lowest BCUT2D eigenvalue weighted by Crippen LogP contribution is -2.33. The van der Waals surface area contributed by atoms with Gasteiger partial charge in [-0.25, -0.2) is 9.97 Å². The topological polar surface area (TPSA) is 84.1 Å². The van der Waals surface area contributed by atoms with E-state index in [9.17, 15) is 5.11 Å². The van der Waals surface area contributed by atoms with E-state index < -0.39 is 5.60 Å². The summed E-state index contributed by atoms with van der Waals surface area (Å²) in [5, 5.41) is 13.0. The van der Waals surface area contributed by atoms with Crippen molar-refractivity contribution < 1.29 is 5.11 Å². The summed E-state index contributed by atoms with van der Waals surface area (Å²) in [4.78, 5) is 8.16. The monoisotopic (exact) mass is 224 g/mol. The van der Waals surface area contributed by atoms with Crippen molar-refractivity contribution >= 4 is 11.6 Å². The Balaban J connectivity index is 2.60. The maximum Gasteiger partial charge on any atom is 0.131 e. The van der Waals surface area contributed by atoms with Crippen LogP contribution in [0.3, 0.4) is 0 Å². The summed E-state index contributed by atoms with van der Waals surface area (Å²) in [6.07, 6.45) is 1.69. The van der Waals surface area contributed by atoms with E-state index in [1.807, 2.05) is 6.92 Å². The summed E-state index contributed by atoms with van der Waals surface area (Å²) in [7, 11) is 0. The summed E-state index contributed by atoms with van der Waals surface area (Å²) in [5.74, 6) is 1.71. The van der Waals surface area contributed by atoms with Crippen molar-refractivity contribution in [3.8, 4) is 0 Å². The van der Waals surface area contributed by atoms with Gasteiger partial charge in [-0.2, -0.15) is 0 Å². The molecule has 0 saturated carbocycles. The van der Waals surface area contributed by atoms with Crippen LogP contribution in [0.5, 0.6) is 0 Å². The van der Waals surface area contributed by atoms with Gasteiger partial charge in [0.15, 0.2) is 0 Å². The van der Waals surface area contributed by atoms with Gasteiger partial charge >= 0.3 is 0 Å². The van der Waals surface area contributed by atoms with Crippen LogP contribution in [-0.2, 0) is 0 Å². The van der Waals surface area contributed by atoms with Crippen LogP contribution >= 0.6 is 0 Å². The molecule has 90 valence electrons. The van der Waals surface area contributed by atoms with E-state index in [0.717, 1.165) is 12.8 Å². The number of nitrogens with two attached hydrogens (primary N) is 1. The molecule has 5 heteroatoms. The number of aliphatic hydroxyl groups is 1. The minimum atomic E-state index is -0.720. The fourth-order valence-corrected chi connectivity index (χ4v) is 1.59. The normalized spacial score (nSPS) is 14.5. The Morgan fingerprint density at radius 2 is 2.19 bits per heavy atom. The van der Waals surface area contributed by atoms with E-state index in [1.54, 1.807) is 19.9 Å². The van der Waals surface area contributed by atoms with Crippen molar-refractivity contribution in [2.75, 3.05) is 17.6 Å². The Bertz CT molecular complexity index is 332. The molecule has 4 N–H and O–H groups in total. The Hall–Kier alpha value is -1.36. The second-order valence-corrected chi connectivity index (χ2v) is 4.33. The van der Waals surface area contributed by atoms with Gasteiger partial charge in [0, 0.05) is 12.6 Å². The second kappa shape index (κ2) is 5.12. The third kappa shape index (κ3) is 4.02. The number of nitrogens with zero attached hydrogens (tertiary/aromatic N) is 2. The average Bonchev–Trinajstić information content (AvgIpc) is 2.13. The molecule has 0 spiro atoms. The number of hydrogen-bond acceptors (Lipinski definition) is 5. The fourth-order valence-electron chi connectivity index (χ4n) is 1.59. The van der Waals surface area contributed by atoms with Crippen LogP contribution < -0.4 is 11.1 Å². The van der Waals surface area contributed by atoms with E-state index >= 15 is 0 Å². The molecule has 0 aliphatic carbocycles. The summed E-state index contributed by atoms with van der Waals surface area (Å²) >= 11 is 0. The molecule has 16 heavy (non-hydrogen) atoms. The number of aryl methyl sites for hydroxylation is 1. The number of anilines is 2. The molecule has 0 bridgehead atoms. The average molecular weight is 224 g/mol. The van der Waals surface area contributed by atoms with Crippen molar-refractivity contribution in [1.82, 2.24) is 9.97 Å². The molecule has 0 saturated heterocycles. The molecular formula is C11H20N4O. The lowest BCUT2D eigenvalue weighted by molar-refractivity contribution is 0.0636. The van der Waals surface area contributed by atoms with E-state index in [0.29, 0.717) is 24.0 Å². The summed E-state index contributed by atoms with van der Waals surface area (Å²) in [6, 6.07) is 1.66. The lowest BCUT2D eigenvalue weighted by Gasteiger charge is -2.23. The minimum absolute atomic E-state index is 0.435. The highest BCUT2D eigenvalue weighted by atomic mass is 16.3. The Morgan fingerprint density at radius 1 is 1.50 bits per heavy atom. The van der Waals surface area contributed by atoms with Crippen LogP contribution in [0.1, 0.15) is 32.5 Å². The molecule has 1 rings (SSSR count). The first kappa shape index (κ1) is 12.7. The molecule has 1 heterocycles. The summed E-state index contributed by atoms with van der Waals surface area (Å²) in [6.45, 7) is 6.09. The zero-order valence-electron chi connectivity index (χ0n) is 10.1. The molecule has 0 aromatic carbocycles. The lowest BCUT2D eigenvalue weighted by atomic mass is 10.0. The SMILES string of the molecule is CCCC(C)(O)CNc1cc(N)nc(C)n1. The van der Waals surface area contributed by atoms with Gasteiger partial charge in [0.2, 0.25) is 0 Å². The van der Waals surface area contributed by atoms with Gasteiger partial charge in [0.25, 0.3) is 0 Å². The largest absolute Gasteiger partial charge is 0.388 e. The van der Waals surface area contributed by atoms with E-state index in [-0.39, 0.29) is 0 Å². The van der Waals surface area contributed by atoms with Gasteiger partial charge in [-0.15, -0.1) is 0 Å². The van der Waals surface area contributed by atoms with Crippen LogP contribution in [-0.4, -0.2) is 27.2 Å². The van der Waals surface area contributed by atoms with E-state index in [2.05, 4.69) is 15.3 Å². The van der Waals surface area contributed by atoms with Crippen LogP contribution in [0.15, 0.2) is 6.07 Å². The van der Waals surface area contributed by atoms with Gasteiger partial charge in [-0.3, -0.25) is 0 Å². The van der Waals surface area contributed by atoms with Crippen LogP contribution in [0.4, 0.5) is 11.6 Å². The van der Waals surface area contributed by atoms with Crippen molar-refractivity contribution in [2.45, 2.75) is 39.2 Å². The van der Waals surface area contributed by atoms with Crippen molar-refractivity contribution in [2.24, 2.45) is 0 Å². The third-order valence-corrected chi connectivity index (χ3v) is 2.30. The quantitative estimate of drug-likeness (QED) is 0.702. The van der Waals surface area contributed by atoms with Crippen LogP contribution in [0, 0.1) is 6.92 Å². The van der Waals surface area contributed by atoms with Gasteiger partial charge in [-0.05, 0) is 20.3 Å². The first-order chi connectivity index (χ1) is 7.43. The Labute approximate surface area is 96.1 Å². The van der Waals surface area contributed by atoms with E-state index in [4.69, 9.17) is 5.73 Å². The predicted molar refractivity (Wildman–Crippen MR) is 65.2 cm³/mol. The minimum Gasteiger partial charge on any atom is -0.388 e. The fraction of sp³-hybridized carbons (Fsp3) is 0.636. The zero-order valence-corrected chi connectivity index (χ0v) is 10.1. The maximum absolute atomic E-state index is 9.98. The molecule has 0 fully saturated rings. The summed E-state index contributed by atoms with van der Waals surface area (Å²) in [5.41, 5.74) is 4.88. The molecule has 0 radical (unpaired) electrons. The highest BCUT2D eigenvalue weighted by molar-refractivity contribution is 5.44. The van der Waals surface area contributed by atoms with Gasteiger partial charge < -0.3 is 16.2 Å². The molecule has 1 aromatic rings. The smallest absolute Gasteiger partial charge is 0.131 e. The maximum atomic E-state index is 9.98. The second-order valence-electron chi connectivity index (χ2n) is 4.33. The van der Waals surface area contributed by atoms with Crippen LogP contribution in [0.2, 0.25) is 0 Å². The zero-order chi connectivity index (χ0) is 12.2. The van der Waals surface area contributed by atoms with E-state index in [1.165, 1.54) is 0 Å². The molecule has 0 amide bonds. The van der Waals surface area contributed by atoms with Crippen molar-refractivity contribution in [3.05, 3.63) is 11.9 Å². The molecule has 0 aliphatic heterocycles. The number of rotatable bonds is 5. The molecular weight excluding hydrogens is 204 g/mol. The Kier molecular flexibility index (Phi) is 4.06. The number of hydrogen-bond donors (Lipinski definition) is 3. The molecule has 1 atom stereocenters. The highest BCUT2D eigenvalue weighted by Gasteiger charge is 2.18. The first-order valence-electron chi connectivity index (χ1n) is 5.50. The predicted octanol–water partition coefficient (Wildman–Crippen LogP) is 1.33.